The topological polar surface area (TPSA) is 64.3 Å². The van der Waals surface area contributed by atoms with Gasteiger partial charge in [-0.15, -0.1) is 5.10 Å². The summed E-state index contributed by atoms with van der Waals surface area (Å²) in [6, 6.07) is 2.24. The molecule has 5 heteroatoms. The molecule has 2 N–H and O–H groups in total. The largest absolute Gasteiger partial charge is 0.375 e. The predicted octanol–water partition coefficient (Wildman–Crippen LogP) is 0.549. The summed E-state index contributed by atoms with van der Waals surface area (Å²) >= 11 is 0. The van der Waals surface area contributed by atoms with Crippen LogP contribution in [0.4, 0.5) is 5.82 Å². The maximum absolute atomic E-state index is 5.71. The van der Waals surface area contributed by atoms with Gasteiger partial charge >= 0.3 is 0 Å². The van der Waals surface area contributed by atoms with E-state index in [0.717, 1.165) is 24.5 Å². The van der Waals surface area contributed by atoms with Gasteiger partial charge in [0.2, 0.25) is 0 Å². The molecule has 1 aromatic rings. The first kappa shape index (κ1) is 11.3. The molecule has 1 fully saturated rings. The Balaban J connectivity index is 2.27. The van der Waals surface area contributed by atoms with Crippen LogP contribution in [0.1, 0.15) is 19.4 Å². The molecule has 5 nitrogen and oxygen atoms in total. The number of ether oxygens (including phenoxy) is 1. The highest BCUT2D eigenvalue weighted by Gasteiger charge is 2.26. The fourth-order valence-corrected chi connectivity index (χ4v) is 1.95. The van der Waals surface area contributed by atoms with Gasteiger partial charge in [0.15, 0.2) is 5.82 Å². The van der Waals surface area contributed by atoms with Crippen molar-refractivity contribution in [2.75, 3.05) is 18.1 Å². The van der Waals surface area contributed by atoms with Gasteiger partial charge in [-0.1, -0.05) is 0 Å². The van der Waals surface area contributed by atoms with E-state index < -0.39 is 0 Å². The van der Waals surface area contributed by atoms with E-state index in [4.69, 9.17) is 10.5 Å². The Labute approximate surface area is 95.6 Å². The summed E-state index contributed by atoms with van der Waals surface area (Å²) < 4.78 is 5.59. The van der Waals surface area contributed by atoms with Gasteiger partial charge in [-0.2, -0.15) is 5.10 Å². The van der Waals surface area contributed by atoms with E-state index in [0.29, 0.717) is 12.6 Å². The lowest BCUT2D eigenvalue weighted by molar-refractivity contribution is 0.0339. The molecule has 0 aliphatic carbocycles. The molecule has 0 aromatic carbocycles. The first-order chi connectivity index (χ1) is 7.72. The highest BCUT2D eigenvalue weighted by atomic mass is 16.5. The van der Waals surface area contributed by atoms with Crippen molar-refractivity contribution in [1.82, 2.24) is 10.2 Å². The highest BCUT2D eigenvalue weighted by molar-refractivity contribution is 5.47. The smallest absolute Gasteiger partial charge is 0.156 e. The number of morpholine rings is 1. The average molecular weight is 222 g/mol. The second-order valence-corrected chi connectivity index (χ2v) is 4.23. The Hall–Kier alpha value is -1.20. The molecule has 0 bridgehead atoms. The molecule has 1 aliphatic rings. The highest BCUT2D eigenvalue weighted by Crippen LogP contribution is 2.22. The van der Waals surface area contributed by atoms with Gasteiger partial charge in [-0.25, -0.2) is 0 Å². The van der Waals surface area contributed by atoms with Crippen molar-refractivity contribution in [3.63, 3.8) is 0 Å². The SMILES string of the molecule is CC1CN(c2nnccc2CN)C(C)CO1. The maximum atomic E-state index is 5.71. The van der Waals surface area contributed by atoms with Crippen LogP contribution < -0.4 is 10.6 Å². The minimum atomic E-state index is 0.226. The van der Waals surface area contributed by atoms with Gasteiger partial charge in [-0.3, -0.25) is 0 Å². The second kappa shape index (κ2) is 4.76. The fourth-order valence-electron chi connectivity index (χ4n) is 1.95. The lowest BCUT2D eigenvalue weighted by Gasteiger charge is -2.38. The number of hydrogen-bond donors (Lipinski definition) is 1. The lowest BCUT2D eigenvalue weighted by atomic mass is 10.1. The molecule has 0 spiro atoms. The molecule has 2 unspecified atom stereocenters. The fraction of sp³-hybridized carbons (Fsp3) is 0.636. The van der Waals surface area contributed by atoms with Crippen LogP contribution in [0.5, 0.6) is 0 Å². The van der Waals surface area contributed by atoms with Crippen LogP contribution in [-0.2, 0) is 11.3 Å². The van der Waals surface area contributed by atoms with Gasteiger partial charge in [0.25, 0.3) is 0 Å². The van der Waals surface area contributed by atoms with Crippen LogP contribution in [0.3, 0.4) is 0 Å². The summed E-state index contributed by atoms with van der Waals surface area (Å²) in [5.74, 6) is 0.896. The van der Waals surface area contributed by atoms with E-state index in [2.05, 4.69) is 28.9 Å². The molecule has 0 amide bonds. The van der Waals surface area contributed by atoms with Crippen LogP contribution in [0.25, 0.3) is 0 Å². The van der Waals surface area contributed by atoms with Crippen molar-refractivity contribution in [3.8, 4) is 0 Å². The molecule has 1 aromatic heterocycles. The van der Waals surface area contributed by atoms with Gasteiger partial charge < -0.3 is 15.4 Å². The van der Waals surface area contributed by atoms with E-state index in [-0.39, 0.29) is 6.10 Å². The number of nitrogens with two attached hydrogens (primary N) is 1. The number of rotatable bonds is 2. The van der Waals surface area contributed by atoms with Gasteiger partial charge in [-0.05, 0) is 19.9 Å². The Morgan fingerprint density at radius 1 is 1.56 bits per heavy atom. The zero-order chi connectivity index (χ0) is 11.5. The molecule has 2 rings (SSSR count). The van der Waals surface area contributed by atoms with E-state index in [9.17, 15) is 0 Å². The van der Waals surface area contributed by atoms with Crippen LogP contribution in [0, 0.1) is 0 Å². The van der Waals surface area contributed by atoms with Gasteiger partial charge in [0.05, 0.1) is 24.9 Å². The second-order valence-electron chi connectivity index (χ2n) is 4.23. The molecular formula is C11H18N4O. The third-order valence-corrected chi connectivity index (χ3v) is 2.88. The predicted molar refractivity (Wildman–Crippen MR) is 62.1 cm³/mol. The summed E-state index contributed by atoms with van der Waals surface area (Å²) in [5, 5.41) is 8.14. The number of aromatic nitrogens is 2. The van der Waals surface area contributed by atoms with E-state index >= 15 is 0 Å². The van der Waals surface area contributed by atoms with E-state index in [1.165, 1.54) is 0 Å². The third kappa shape index (κ3) is 2.15. The third-order valence-electron chi connectivity index (χ3n) is 2.88. The zero-order valence-electron chi connectivity index (χ0n) is 9.76. The minimum absolute atomic E-state index is 0.226. The number of nitrogens with zero attached hydrogens (tertiary/aromatic N) is 3. The molecule has 1 aliphatic heterocycles. The minimum Gasteiger partial charge on any atom is -0.375 e. The first-order valence-corrected chi connectivity index (χ1v) is 5.61. The quantitative estimate of drug-likeness (QED) is 0.791. The van der Waals surface area contributed by atoms with Crippen LogP contribution >= 0.6 is 0 Å². The van der Waals surface area contributed by atoms with Crippen LogP contribution in [0.2, 0.25) is 0 Å². The summed E-state index contributed by atoms with van der Waals surface area (Å²) in [7, 11) is 0. The Kier molecular flexibility index (Phi) is 3.36. The molecule has 2 atom stereocenters. The number of hydrogen-bond acceptors (Lipinski definition) is 5. The van der Waals surface area contributed by atoms with Crippen molar-refractivity contribution in [1.29, 1.82) is 0 Å². The molecule has 1 saturated heterocycles. The average Bonchev–Trinajstić information content (AvgIpc) is 2.32. The van der Waals surface area contributed by atoms with E-state index in [1.54, 1.807) is 6.20 Å². The van der Waals surface area contributed by atoms with Crippen molar-refractivity contribution >= 4 is 5.82 Å². The van der Waals surface area contributed by atoms with Crippen molar-refractivity contribution in [2.45, 2.75) is 32.5 Å². The van der Waals surface area contributed by atoms with Gasteiger partial charge in [0.1, 0.15) is 0 Å². The first-order valence-electron chi connectivity index (χ1n) is 5.61. The molecule has 88 valence electrons. The summed E-state index contributed by atoms with van der Waals surface area (Å²) in [6.07, 6.45) is 1.91. The molecule has 0 saturated carbocycles. The van der Waals surface area contributed by atoms with Crippen molar-refractivity contribution in [2.24, 2.45) is 5.73 Å². The molecular weight excluding hydrogens is 204 g/mol. The number of anilines is 1. The van der Waals surface area contributed by atoms with Crippen molar-refractivity contribution in [3.05, 3.63) is 17.8 Å². The lowest BCUT2D eigenvalue weighted by Crippen LogP contribution is -2.48. The standard InChI is InChI=1S/C11H18N4O/c1-8-7-16-9(2)6-15(8)11-10(5-12)3-4-13-14-11/h3-4,8-9H,5-7,12H2,1-2H3. The summed E-state index contributed by atoms with van der Waals surface area (Å²) in [4.78, 5) is 2.23. The Morgan fingerprint density at radius 2 is 2.38 bits per heavy atom. The van der Waals surface area contributed by atoms with Gasteiger partial charge in [0, 0.05) is 18.7 Å². The Morgan fingerprint density at radius 3 is 3.12 bits per heavy atom. The van der Waals surface area contributed by atoms with Crippen molar-refractivity contribution < 1.29 is 4.74 Å². The van der Waals surface area contributed by atoms with E-state index in [1.807, 2.05) is 6.07 Å². The molecule has 0 radical (unpaired) electrons. The van der Waals surface area contributed by atoms with Crippen LogP contribution in [-0.4, -0.2) is 35.5 Å². The summed E-state index contributed by atoms with van der Waals surface area (Å²) in [5.41, 5.74) is 6.75. The Bertz CT molecular complexity index is 358. The molecule has 16 heavy (non-hydrogen) atoms. The maximum Gasteiger partial charge on any atom is 0.156 e. The monoisotopic (exact) mass is 222 g/mol. The summed E-state index contributed by atoms with van der Waals surface area (Å²) in [6.45, 7) is 6.25. The van der Waals surface area contributed by atoms with Crippen LogP contribution in [0.15, 0.2) is 12.3 Å². The zero-order valence-corrected chi connectivity index (χ0v) is 9.76. The normalized spacial score (nSPS) is 25.8. The molecule has 2 heterocycles.